The van der Waals surface area contributed by atoms with Crippen LogP contribution in [0.25, 0.3) is 0 Å². The summed E-state index contributed by atoms with van der Waals surface area (Å²) in [6.07, 6.45) is 0. The molecule has 0 amide bonds. The van der Waals surface area contributed by atoms with Crippen molar-refractivity contribution in [3.8, 4) is 0 Å². The van der Waals surface area contributed by atoms with Gasteiger partial charge in [0.05, 0.1) is 10.0 Å². The maximum absolute atomic E-state index is 14.0. The Kier molecular flexibility index (Phi) is 4.40. The Morgan fingerprint density at radius 2 is 1.09 bits per heavy atom. The van der Waals surface area contributed by atoms with Gasteiger partial charge in [0.2, 0.25) is 0 Å². The minimum atomic E-state index is -2.97. The summed E-state index contributed by atoms with van der Waals surface area (Å²) in [5, 5.41) is 3.10. The van der Waals surface area contributed by atoms with Gasteiger partial charge in [-0.15, -0.1) is 0 Å². The summed E-state index contributed by atoms with van der Waals surface area (Å²) in [5.41, 5.74) is 0. The van der Waals surface area contributed by atoms with Gasteiger partial charge in [-0.1, -0.05) is 83.9 Å². The number of benzene rings is 3. The van der Waals surface area contributed by atoms with Crippen molar-refractivity contribution in [3.05, 3.63) is 88.9 Å². The highest BCUT2D eigenvalue weighted by Gasteiger charge is 2.29. The fraction of sp³-hybridized carbons (Fsp3) is 0. The van der Waals surface area contributed by atoms with E-state index in [1.807, 2.05) is 60.7 Å². The summed E-state index contributed by atoms with van der Waals surface area (Å²) < 4.78 is 14.0. The maximum Gasteiger partial charge on any atom is 0.171 e. The molecule has 0 spiro atoms. The predicted octanol–water partition coefficient (Wildman–Crippen LogP) is 4.63. The molecular formula is C18H13Cl2OP. The Balaban J connectivity index is 2.28. The van der Waals surface area contributed by atoms with E-state index in [1.165, 1.54) is 0 Å². The number of rotatable bonds is 3. The molecule has 0 atom stereocenters. The van der Waals surface area contributed by atoms with Crippen LogP contribution in [0.5, 0.6) is 0 Å². The van der Waals surface area contributed by atoms with E-state index in [-0.39, 0.29) is 0 Å². The van der Waals surface area contributed by atoms with Crippen molar-refractivity contribution < 1.29 is 4.57 Å². The first kappa shape index (κ1) is 15.4. The van der Waals surface area contributed by atoms with Gasteiger partial charge < -0.3 is 4.57 Å². The monoisotopic (exact) mass is 346 g/mol. The maximum atomic E-state index is 14.0. The molecule has 0 aliphatic rings. The van der Waals surface area contributed by atoms with Crippen molar-refractivity contribution in [3.63, 3.8) is 0 Å². The van der Waals surface area contributed by atoms with Crippen molar-refractivity contribution in [1.82, 2.24) is 0 Å². The molecule has 4 heteroatoms. The molecular weight excluding hydrogens is 334 g/mol. The largest absolute Gasteiger partial charge is 0.309 e. The molecule has 0 bridgehead atoms. The third-order valence-corrected chi connectivity index (χ3v) is 7.30. The molecule has 1 nitrogen and oxygen atoms in total. The van der Waals surface area contributed by atoms with Crippen LogP contribution >= 0.6 is 30.3 Å². The summed E-state index contributed by atoms with van der Waals surface area (Å²) in [4.78, 5) is 0. The van der Waals surface area contributed by atoms with Crippen LogP contribution < -0.4 is 15.9 Å². The highest BCUT2D eigenvalue weighted by molar-refractivity contribution is 7.85. The fourth-order valence-corrected chi connectivity index (χ4v) is 5.45. The lowest BCUT2D eigenvalue weighted by atomic mass is 10.3. The second-order valence-corrected chi connectivity index (χ2v) is 8.46. The van der Waals surface area contributed by atoms with Crippen LogP contribution in [-0.4, -0.2) is 0 Å². The zero-order chi connectivity index (χ0) is 15.6. The molecule has 0 radical (unpaired) electrons. The minimum absolute atomic E-state index is 0.409. The number of hydrogen-bond donors (Lipinski definition) is 0. The topological polar surface area (TPSA) is 17.1 Å². The Hall–Kier alpha value is -1.53. The van der Waals surface area contributed by atoms with Crippen molar-refractivity contribution >= 4 is 46.3 Å². The van der Waals surface area contributed by atoms with E-state index >= 15 is 0 Å². The van der Waals surface area contributed by atoms with Crippen LogP contribution in [0.4, 0.5) is 0 Å². The zero-order valence-corrected chi connectivity index (χ0v) is 14.0. The van der Waals surface area contributed by atoms with Gasteiger partial charge in [0.1, 0.15) is 0 Å². The molecule has 0 aliphatic heterocycles. The second-order valence-electron chi connectivity index (χ2n) is 4.88. The fourth-order valence-electron chi connectivity index (χ4n) is 2.40. The summed E-state index contributed by atoms with van der Waals surface area (Å²) in [5.74, 6) is 0. The Morgan fingerprint density at radius 1 is 0.591 bits per heavy atom. The number of hydrogen-bond acceptors (Lipinski definition) is 1. The molecule has 0 heterocycles. The molecule has 0 aromatic heterocycles. The Bertz CT molecular complexity index is 789. The number of halogens is 2. The van der Waals surface area contributed by atoms with E-state index in [0.29, 0.717) is 15.3 Å². The molecule has 3 aromatic carbocycles. The average Bonchev–Trinajstić information content (AvgIpc) is 2.58. The average molecular weight is 347 g/mol. The first-order valence-corrected chi connectivity index (χ1v) is 9.25. The smallest absolute Gasteiger partial charge is 0.171 e. The molecule has 0 unspecified atom stereocenters. The van der Waals surface area contributed by atoms with Gasteiger partial charge in [0.15, 0.2) is 7.14 Å². The van der Waals surface area contributed by atoms with Crippen molar-refractivity contribution in [2.75, 3.05) is 0 Å². The van der Waals surface area contributed by atoms with Crippen LogP contribution in [0.2, 0.25) is 10.0 Å². The summed E-state index contributed by atoms with van der Waals surface area (Å²) in [7, 11) is -2.97. The van der Waals surface area contributed by atoms with Gasteiger partial charge >= 0.3 is 0 Å². The van der Waals surface area contributed by atoms with Gasteiger partial charge in [0, 0.05) is 15.9 Å². The van der Waals surface area contributed by atoms with Gasteiger partial charge in [-0.2, -0.15) is 0 Å². The first-order chi connectivity index (χ1) is 10.6. The standard InChI is InChI=1S/C18H13Cl2OP/c19-17-12-11-16(13-18(17)20)22(21,14-7-3-1-4-8-14)15-9-5-2-6-10-15/h1-13H. The van der Waals surface area contributed by atoms with E-state index in [9.17, 15) is 4.57 Å². The van der Waals surface area contributed by atoms with E-state index in [1.54, 1.807) is 18.2 Å². The molecule has 3 aromatic rings. The van der Waals surface area contributed by atoms with Crippen LogP contribution in [0.3, 0.4) is 0 Å². The highest BCUT2D eigenvalue weighted by atomic mass is 35.5. The van der Waals surface area contributed by atoms with Crippen LogP contribution in [0.15, 0.2) is 78.9 Å². The van der Waals surface area contributed by atoms with E-state index in [4.69, 9.17) is 23.2 Å². The van der Waals surface area contributed by atoms with E-state index in [0.717, 1.165) is 10.6 Å². The van der Waals surface area contributed by atoms with E-state index < -0.39 is 7.14 Å². The normalized spacial score (nSPS) is 11.4. The molecule has 0 N–H and O–H groups in total. The lowest BCUT2D eigenvalue weighted by Gasteiger charge is -2.20. The minimum Gasteiger partial charge on any atom is -0.309 e. The third kappa shape index (κ3) is 2.73. The zero-order valence-electron chi connectivity index (χ0n) is 11.6. The first-order valence-electron chi connectivity index (χ1n) is 6.79. The predicted molar refractivity (Wildman–Crippen MR) is 95.9 cm³/mol. The second kappa shape index (κ2) is 6.30. The van der Waals surface area contributed by atoms with Crippen LogP contribution in [-0.2, 0) is 4.57 Å². The van der Waals surface area contributed by atoms with Gasteiger partial charge in [-0.05, 0) is 18.2 Å². The highest BCUT2D eigenvalue weighted by Crippen LogP contribution is 2.43. The van der Waals surface area contributed by atoms with Crippen LogP contribution in [0, 0.1) is 0 Å². The Morgan fingerprint density at radius 3 is 1.55 bits per heavy atom. The summed E-state index contributed by atoms with van der Waals surface area (Å²) in [6, 6.07) is 24.1. The van der Waals surface area contributed by atoms with Crippen LogP contribution in [0.1, 0.15) is 0 Å². The molecule has 0 aliphatic carbocycles. The van der Waals surface area contributed by atoms with Crippen molar-refractivity contribution in [2.45, 2.75) is 0 Å². The molecule has 22 heavy (non-hydrogen) atoms. The van der Waals surface area contributed by atoms with Gasteiger partial charge in [-0.3, -0.25) is 0 Å². The lowest BCUT2D eigenvalue weighted by Crippen LogP contribution is -2.24. The SMILES string of the molecule is O=P(c1ccccc1)(c1ccccc1)c1ccc(Cl)c(Cl)c1. The van der Waals surface area contributed by atoms with Gasteiger partial charge in [-0.25, -0.2) is 0 Å². The molecule has 0 fully saturated rings. The van der Waals surface area contributed by atoms with Crippen molar-refractivity contribution in [1.29, 1.82) is 0 Å². The summed E-state index contributed by atoms with van der Waals surface area (Å²) in [6.45, 7) is 0. The Labute approximate surface area is 139 Å². The molecule has 110 valence electrons. The molecule has 0 saturated carbocycles. The third-order valence-electron chi connectivity index (χ3n) is 3.51. The molecule has 3 rings (SSSR count). The van der Waals surface area contributed by atoms with E-state index in [2.05, 4.69) is 0 Å². The summed E-state index contributed by atoms with van der Waals surface area (Å²) >= 11 is 12.1. The lowest BCUT2D eigenvalue weighted by molar-refractivity contribution is 0.592. The van der Waals surface area contributed by atoms with Crippen molar-refractivity contribution in [2.24, 2.45) is 0 Å². The van der Waals surface area contributed by atoms with Gasteiger partial charge in [0.25, 0.3) is 0 Å². The quantitative estimate of drug-likeness (QED) is 0.631. The molecule has 0 saturated heterocycles.